The maximum Gasteiger partial charge on any atom is 0.268 e. The van der Waals surface area contributed by atoms with Gasteiger partial charge in [-0.15, -0.1) is 12.4 Å². The fourth-order valence-electron chi connectivity index (χ4n) is 3.41. The highest BCUT2D eigenvalue weighted by Gasteiger charge is 2.34. The molecule has 1 fully saturated rings. The van der Waals surface area contributed by atoms with Crippen molar-refractivity contribution in [2.45, 2.75) is 38.8 Å². The number of amides is 2. The van der Waals surface area contributed by atoms with Gasteiger partial charge in [-0.2, -0.15) is 0 Å². The van der Waals surface area contributed by atoms with Gasteiger partial charge in [0.25, 0.3) is 5.91 Å². The summed E-state index contributed by atoms with van der Waals surface area (Å²) in [5, 5.41) is 3.31. The predicted molar refractivity (Wildman–Crippen MR) is 99.4 cm³/mol. The second kappa shape index (κ2) is 8.54. The maximum absolute atomic E-state index is 12.9. The minimum absolute atomic E-state index is 0. The van der Waals surface area contributed by atoms with Crippen molar-refractivity contribution in [2.75, 3.05) is 31.1 Å². The quantitative estimate of drug-likeness (QED) is 0.862. The number of hydrogen-bond donors (Lipinski definition) is 1. The lowest BCUT2D eigenvalue weighted by molar-refractivity contribution is -0.134. The van der Waals surface area contributed by atoms with Gasteiger partial charge in [-0.05, 0) is 38.4 Å². The summed E-state index contributed by atoms with van der Waals surface area (Å²) >= 11 is 0. The Kier molecular flexibility index (Phi) is 6.67. The Morgan fingerprint density at radius 2 is 2.16 bits per heavy atom. The van der Waals surface area contributed by atoms with E-state index >= 15 is 0 Å². The zero-order valence-corrected chi connectivity index (χ0v) is 15.6. The normalized spacial score (nSPS) is 22.0. The molecule has 7 heteroatoms. The fourth-order valence-corrected chi connectivity index (χ4v) is 3.41. The van der Waals surface area contributed by atoms with Crippen molar-refractivity contribution in [3.8, 4) is 5.75 Å². The van der Waals surface area contributed by atoms with Crippen LogP contribution in [0.25, 0.3) is 0 Å². The van der Waals surface area contributed by atoms with Gasteiger partial charge in [0.2, 0.25) is 5.91 Å². The lowest BCUT2D eigenvalue weighted by atomic mass is 10.1. The van der Waals surface area contributed by atoms with E-state index in [4.69, 9.17) is 4.74 Å². The van der Waals surface area contributed by atoms with E-state index in [0.717, 1.165) is 32.5 Å². The van der Waals surface area contributed by atoms with Gasteiger partial charge in [-0.3, -0.25) is 14.5 Å². The second-order valence-electron chi connectivity index (χ2n) is 6.39. The molecule has 0 radical (unpaired) electrons. The molecule has 1 aromatic rings. The summed E-state index contributed by atoms with van der Waals surface area (Å²) in [5.41, 5.74) is 0.676. The number of para-hydroxylation sites is 2. The molecule has 6 nitrogen and oxygen atoms in total. The number of hydrogen-bond acceptors (Lipinski definition) is 4. The van der Waals surface area contributed by atoms with Crippen molar-refractivity contribution in [3.05, 3.63) is 24.3 Å². The van der Waals surface area contributed by atoms with Crippen LogP contribution >= 0.6 is 12.4 Å². The maximum atomic E-state index is 12.9. The number of nitrogens with one attached hydrogen (secondary N) is 1. The van der Waals surface area contributed by atoms with Crippen LogP contribution in [0.1, 0.15) is 26.7 Å². The molecule has 1 aromatic carbocycles. The van der Waals surface area contributed by atoms with Crippen LogP contribution in [0.15, 0.2) is 24.3 Å². The number of nitrogens with zero attached hydrogens (tertiary/aromatic N) is 2. The SMILES string of the molecule is CCCN(C(=O)CN1C(=O)C(C)Oc2ccccc21)C1CCNC1.Cl. The molecule has 2 atom stereocenters. The van der Waals surface area contributed by atoms with Gasteiger partial charge in [0.1, 0.15) is 12.3 Å². The van der Waals surface area contributed by atoms with Gasteiger partial charge in [-0.1, -0.05) is 19.1 Å². The molecule has 2 unspecified atom stereocenters. The van der Waals surface area contributed by atoms with Gasteiger partial charge in [0.05, 0.1) is 5.69 Å². The molecular formula is C18H26ClN3O3. The van der Waals surface area contributed by atoms with Crippen molar-refractivity contribution in [2.24, 2.45) is 0 Å². The third-order valence-corrected chi connectivity index (χ3v) is 4.63. The average Bonchev–Trinajstić information content (AvgIpc) is 3.10. The van der Waals surface area contributed by atoms with E-state index in [9.17, 15) is 9.59 Å². The molecule has 2 aliphatic rings. The van der Waals surface area contributed by atoms with Crippen molar-refractivity contribution >= 4 is 29.9 Å². The zero-order valence-electron chi connectivity index (χ0n) is 14.7. The zero-order chi connectivity index (χ0) is 17.1. The van der Waals surface area contributed by atoms with Crippen LogP contribution in [0.2, 0.25) is 0 Å². The summed E-state index contributed by atoms with van der Waals surface area (Å²) in [4.78, 5) is 28.9. The Hall–Kier alpha value is -1.79. The molecule has 0 saturated carbocycles. The first kappa shape index (κ1) is 19.5. The van der Waals surface area contributed by atoms with Crippen molar-refractivity contribution in [3.63, 3.8) is 0 Å². The highest BCUT2D eigenvalue weighted by molar-refractivity contribution is 6.03. The Morgan fingerprint density at radius 1 is 1.40 bits per heavy atom. The summed E-state index contributed by atoms with van der Waals surface area (Å²) in [7, 11) is 0. The average molecular weight is 368 g/mol. The Morgan fingerprint density at radius 3 is 2.84 bits per heavy atom. The molecule has 0 aliphatic carbocycles. The number of halogens is 1. The minimum atomic E-state index is -0.569. The number of ether oxygens (including phenoxy) is 1. The van der Waals surface area contributed by atoms with Crippen LogP contribution < -0.4 is 15.0 Å². The van der Waals surface area contributed by atoms with E-state index in [2.05, 4.69) is 12.2 Å². The molecule has 2 heterocycles. The second-order valence-corrected chi connectivity index (χ2v) is 6.39. The molecule has 2 aliphatic heterocycles. The highest BCUT2D eigenvalue weighted by Crippen LogP contribution is 2.33. The molecule has 2 amide bonds. The Bertz CT molecular complexity index is 619. The van der Waals surface area contributed by atoms with Crippen LogP contribution in [-0.2, 0) is 9.59 Å². The molecule has 3 rings (SSSR count). The van der Waals surface area contributed by atoms with Crippen molar-refractivity contribution in [1.29, 1.82) is 0 Å². The van der Waals surface area contributed by atoms with E-state index in [-0.39, 0.29) is 36.8 Å². The number of carbonyl (C=O) groups is 2. The number of rotatable bonds is 5. The van der Waals surface area contributed by atoms with Gasteiger partial charge in [0.15, 0.2) is 6.10 Å². The first-order chi connectivity index (χ1) is 11.6. The molecule has 0 spiro atoms. The Labute approximate surface area is 154 Å². The monoisotopic (exact) mass is 367 g/mol. The minimum Gasteiger partial charge on any atom is -0.479 e. The van der Waals surface area contributed by atoms with Crippen LogP contribution in [0, 0.1) is 0 Å². The summed E-state index contributed by atoms with van der Waals surface area (Å²) < 4.78 is 5.64. The van der Waals surface area contributed by atoms with Crippen LogP contribution in [0.3, 0.4) is 0 Å². The van der Waals surface area contributed by atoms with Crippen molar-refractivity contribution < 1.29 is 14.3 Å². The number of anilines is 1. The number of carbonyl (C=O) groups excluding carboxylic acids is 2. The molecule has 0 bridgehead atoms. The van der Waals surface area contributed by atoms with Crippen LogP contribution in [0.4, 0.5) is 5.69 Å². The number of benzene rings is 1. The van der Waals surface area contributed by atoms with E-state index in [1.807, 2.05) is 29.2 Å². The first-order valence-corrected chi connectivity index (χ1v) is 8.69. The third-order valence-electron chi connectivity index (χ3n) is 4.63. The molecule has 1 saturated heterocycles. The standard InChI is InChI=1S/C18H25N3O3.ClH/c1-3-10-20(14-8-9-19-11-14)17(22)12-21-15-6-4-5-7-16(15)24-13(2)18(21)23;/h4-7,13-14,19H,3,8-12H2,1-2H3;1H. The van der Waals surface area contributed by atoms with Crippen LogP contribution in [0.5, 0.6) is 5.75 Å². The third kappa shape index (κ3) is 4.07. The van der Waals surface area contributed by atoms with E-state index in [0.29, 0.717) is 11.4 Å². The van der Waals surface area contributed by atoms with Gasteiger partial charge < -0.3 is 15.0 Å². The van der Waals surface area contributed by atoms with Crippen LogP contribution in [-0.4, -0.2) is 55.0 Å². The molecule has 138 valence electrons. The number of fused-ring (bicyclic) bond motifs is 1. The predicted octanol–water partition coefficient (Wildman–Crippen LogP) is 1.82. The Balaban J connectivity index is 0.00000225. The molecule has 1 N–H and O–H groups in total. The largest absolute Gasteiger partial charge is 0.479 e. The fraction of sp³-hybridized carbons (Fsp3) is 0.556. The van der Waals surface area contributed by atoms with Gasteiger partial charge in [0, 0.05) is 19.1 Å². The van der Waals surface area contributed by atoms with Gasteiger partial charge >= 0.3 is 0 Å². The van der Waals surface area contributed by atoms with Crippen molar-refractivity contribution in [1.82, 2.24) is 10.2 Å². The lowest BCUT2D eigenvalue weighted by Crippen LogP contribution is -2.52. The topological polar surface area (TPSA) is 61.9 Å². The smallest absolute Gasteiger partial charge is 0.268 e. The van der Waals surface area contributed by atoms with E-state index in [1.54, 1.807) is 11.8 Å². The summed E-state index contributed by atoms with van der Waals surface area (Å²) in [5.74, 6) is 0.493. The summed E-state index contributed by atoms with van der Waals surface area (Å²) in [6.45, 7) is 6.35. The van der Waals surface area contributed by atoms with Gasteiger partial charge in [-0.25, -0.2) is 0 Å². The summed E-state index contributed by atoms with van der Waals surface area (Å²) in [6, 6.07) is 7.61. The molecule has 0 aromatic heterocycles. The van der Waals surface area contributed by atoms with E-state index in [1.165, 1.54) is 0 Å². The van der Waals surface area contributed by atoms with E-state index < -0.39 is 6.10 Å². The first-order valence-electron chi connectivity index (χ1n) is 8.69. The molecule has 25 heavy (non-hydrogen) atoms. The summed E-state index contributed by atoms with van der Waals surface area (Å²) in [6.07, 6.45) is 1.31. The highest BCUT2D eigenvalue weighted by atomic mass is 35.5. The lowest BCUT2D eigenvalue weighted by Gasteiger charge is -2.35. The molecular weight excluding hydrogens is 342 g/mol.